The summed E-state index contributed by atoms with van der Waals surface area (Å²) in [7, 11) is -4.04. The van der Waals surface area contributed by atoms with Crippen molar-refractivity contribution in [1.29, 1.82) is 0 Å². The maximum Gasteiger partial charge on any atom is 0.534 e. The smallest absolute Gasteiger partial charge is 0.434 e. The molecule has 0 aromatic carbocycles. The molecule has 3 atom stereocenters. The summed E-state index contributed by atoms with van der Waals surface area (Å²) in [4.78, 5) is 11.9. The zero-order chi connectivity index (χ0) is 27.6. The summed E-state index contributed by atoms with van der Waals surface area (Å²) in [5.41, 5.74) is 0. The van der Waals surface area contributed by atoms with Crippen molar-refractivity contribution in [2.75, 3.05) is 19.0 Å². The molecule has 0 bridgehead atoms. The number of unbranched alkanes of at least 4 members (excludes halogenated alkanes) is 14. The molecule has 8 heteroatoms. The van der Waals surface area contributed by atoms with Gasteiger partial charge in [0.2, 0.25) is 0 Å². The van der Waals surface area contributed by atoms with Crippen LogP contribution in [-0.2, 0) is 22.9 Å². The number of rotatable bonds is 27. The summed E-state index contributed by atoms with van der Waals surface area (Å²) in [5, 5.41) is 0.175. The van der Waals surface area contributed by atoms with E-state index < -0.39 is 14.0 Å². The van der Waals surface area contributed by atoms with Gasteiger partial charge in [-0.3, -0.25) is 9.05 Å². The van der Waals surface area contributed by atoms with Crippen LogP contribution in [0.3, 0.4) is 0 Å². The van der Waals surface area contributed by atoms with Crippen LogP contribution in [0.5, 0.6) is 0 Å². The van der Waals surface area contributed by atoms with Crippen molar-refractivity contribution in [3.63, 3.8) is 0 Å². The highest BCUT2D eigenvalue weighted by Crippen LogP contribution is 2.52. The summed E-state index contributed by atoms with van der Waals surface area (Å²) >= 11 is 1.89. The number of phosphoric acid groups is 1. The highest BCUT2D eigenvalue weighted by atomic mass is 32.2. The quantitative estimate of drug-likeness (QED) is 0.0556. The van der Waals surface area contributed by atoms with Crippen LogP contribution >= 0.6 is 19.6 Å². The Morgan fingerprint density at radius 3 is 1.76 bits per heavy atom. The van der Waals surface area contributed by atoms with Crippen molar-refractivity contribution >= 4 is 25.7 Å². The molecule has 0 saturated heterocycles. The third-order valence-corrected chi connectivity index (χ3v) is 9.43. The van der Waals surface area contributed by atoms with E-state index in [4.69, 9.17) is 18.3 Å². The maximum absolute atomic E-state index is 13.2. The first-order chi connectivity index (χ1) is 17.9. The highest BCUT2D eigenvalue weighted by molar-refractivity contribution is 7.99. The van der Waals surface area contributed by atoms with E-state index in [9.17, 15) is 9.36 Å². The van der Waals surface area contributed by atoms with Crippen molar-refractivity contribution in [3.8, 4) is 0 Å². The minimum atomic E-state index is -4.04. The van der Waals surface area contributed by atoms with Gasteiger partial charge in [0.1, 0.15) is 0 Å². The molecule has 0 heterocycles. The van der Waals surface area contributed by atoms with Crippen molar-refractivity contribution in [2.45, 2.75) is 162 Å². The fourth-order valence-corrected chi connectivity index (χ4v) is 6.96. The number of carbonyl (C=O) groups is 1. The fourth-order valence-electron chi connectivity index (χ4n) is 4.19. The second kappa shape index (κ2) is 26.0. The summed E-state index contributed by atoms with van der Waals surface area (Å²) in [6.07, 6.45) is 21.0. The topological polar surface area (TPSA) is 71.1 Å². The lowest BCUT2D eigenvalue weighted by molar-refractivity contribution is 0.0589. The van der Waals surface area contributed by atoms with Gasteiger partial charge in [-0.1, -0.05) is 117 Å². The van der Waals surface area contributed by atoms with E-state index >= 15 is 0 Å². The van der Waals surface area contributed by atoms with Gasteiger partial charge in [0, 0.05) is 5.25 Å². The first-order valence-electron chi connectivity index (χ1n) is 15.3. The van der Waals surface area contributed by atoms with Crippen molar-refractivity contribution in [3.05, 3.63) is 0 Å². The Labute approximate surface area is 233 Å². The molecule has 0 amide bonds. The normalized spacial score (nSPS) is 14.7. The van der Waals surface area contributed by atoms with E-state index in [0.717, 1.165) is 18.6 Å². The lowest BCUT2D eigenvalue weighted by atomic mass is 10.1. The molecule has 0 radical (unpaired) electrons. The number of hydrogen-bond acceptors (Lipinski definition) is 7. The summed E-state index contributed by atoms with van der Waals surface area (Å²) in [5.74, 6) is 1.06. The average molecular weight is 567 g/mol. The monoisotopic (exact) mass is 566 g/mol. The first-order valence-corrected chi connectivity index (χ1v) is 17.8. The van der Waals surface area contributed by atoms with E-state index in [-0.39, 0.29) is 24.6 Å². The number of thioether (sulfide) groups is 1. The van der Waals surface area contributed by atoms with Gasteiger partial charge < -0.3 is 9.26 Å². The predicted octanol–water partition coefficient (Wildman–Crippen LogP) is 10.9. The van der Waals surface area contributed by atoms with Gasteiger partial charge in [0.05, 0.1) is 19.3 Å². The van der Waals surface area contributed by atoms with Gasteiger partial charge >= 0.3 is 14.0 Å². The summed E-state index contributed by atoms with van der Waals surface area (Å²) < 4.78 is 34.3. The minimum absolute atomic E-state index is 0.136. The van der Waals surface area contributed by atoms with Crippen LogP contribution in [0.2, 0.25) is 0 Å². The molecule has 0 spiro atoms. The fraction of sp³-hybridized carbons (Fsp3) is 0.966. The van der Waals surface area contributed by atoms with E-state index in [1.54, 1.807) is 6.92 Å². The Balaban J connectivity index is 4.61. The van der Waals surface area contributed by atoms with Crippen LogP contribution in [-0.4, -0.2) is 36.5 Å². The lowest BCUT2D eigenvalue weighted by Gasteiger charge is -2.27. The molecule has 0 aliphatic carbocycles. The van der Waals surface area contributed by atoms with Gasteiger partial charge in [-0.15, -0.1) is 0 Å². The molecule has 0 N–H and O–H groups in total. The van der Waals surface area contributed by atoms with Crippen LogP contribution in [0, 0.1) is 0 Å². The molecule has 0 saturated carbocycles. The minimum Gasteiger partial charge on any atom is -0.434 e. The average Bonchev–Trinajstić information content (AvgIpc) is 2.86. The zero-order valence-electron chi connectivity index (χ0n) is 24.8. The largest absolute Gasteiger partial charge is 0.534 e. The van der Waals surface area contributed by atoms with Crippen LogP contribution in [0.4, 0.5) is 4.79 Å². The van der Waals surface area contributed by atoms with Crippen molar-refractivity contribution in [2.24, 2.45) is 0 Å². The highest BCUT2D eigenvalue weighted by Gasteiger charge is 2.36. The Hall–Kier alpha value is -0.230. The van der Waals surface area contributed by atoms with Gasteiger partial charge in [0.15, 0.2) is 0 Å². The zero-order valence-corrected chi connectivity index (χ0v) is 26.5. The molecule has 0 aliphatic rings. The van der Waals surface area contributed by atoms with Gasteiger partial charge in [-0.25, -0.2) is 9.36 Å². The second-order valence-corrected chi connectivity index (χ2v) is 12.9. The Morgan fingerprint density at radius 2 is 1.24 bits per heavy atom. The van der Waals surface area contributed by atoms with Crippen LogP contribution in [0.25, 0.3) is 0 Å². The molecule has 222 valence electrons. The third-order valence-electron chi connectivity index (χ3n) is 6.39. The number of hydrogen-bond donors (Lipinski definition) is 0. The molecule has 0 fully saturated rings. The van der Waals surface area contributed by atoms with Gasteiger partial charge in [-0.05, 0) is 38.9 Å². The maximum atomic E-state index is 13.2. The lowest BCUT2D eigenvalue weighted by Crippen LogP contribution is -2.24. The van der Waals surface area contributed by atoms with E-state index in [2.05, 4.69) is 13.8 Å². The number of phosphoric ester groups is 1. The Morgan fingerprint density at radius 1 is 0.730 bits per heavy atom. The van der Waals surface area contributed by atoms with Crippen molar-refractivity contribution in [1.82, 2.24) is 0 Å². The Bertz CT molecular complexity index is 563. The summed E-state index contributed by atoms with van der Waals surface area (Å²) in [6.45, 7) is 10.3. The molecule has 0 aromatic rings. The molecule has 3 unspecified atom stereocenters. The predicted molar refractivity (Wildman–Crippen MR) is 159 cm³/mol. The SMILES string of the molecule is CCCCCCCCCCCCCSC(CCCCCCC)C(C)OP(=O)(OCCC)OC(=O)OCC. The van der Waals surface area contributed by atoms with Gasteiger partial charge in [0.25, 0.3) is 0 Å². The first kappa shape index (κ1) is 36.8. The van der Waals surface area contributed by atoms with Crippen LogP contribution < -0.4 is 0 Å². The standard InChI is InChI=1S/C29H59O6PS/c1-6-10-12-14-15-16-17-18-19-21-23-26-37-28(24-22-20-13-11-7-2)27(5)34-36(31,33-25-8-3)35-29(30)32-9-4/h27-28H,6-26H2,1-5H3. The van der Waals surface area contributed by atoms with Crippen LogP contribution in [0.1, 0.15) is 150 Å². The second-order valence-electron chi connectivity index (χ2n) is 10.0. The van der Waals surface area contributed by atoms with Gasteiger partial charge in [-0.2, -0.15) is 11.8 Å². The number of carbonyl (C=O) groups excluding carboxylic acids is 1. The van der Waals surface area contributed by atoms with Crippen LogP contribution in [0.15, 0.2) is 0 Å². The molecule has 0 rings (SSSR count). The summed E-state index contributed by atoms with van der Waals surface area (Å²) in [6, 6.07) is 0. The molecule has 6 nitrogen and oxygen atoms in total. The Kier molecular flexibility index (Phi) is 25.9. The van der Waals surface area contributed by atoms with E-state index in [1.165, 1.54) is 96.3 Å². The third kappa shape index (κ3) is 22.3. The molecule has 0 aromatic heterocycles. The molecular formula is C29H59O6PS. The van der Waals surface area contributed by atoms with Crippen molar-refractivity contribution < 1.29 is 27.7 Å². The molecule has 37 heavy (non-hydrogen) atoms. The van der Waals surface area contributed by atoms with E-state index in [1.807, 2.05) is 25.6 Å². The number of ether oxygens (including phenoxy) is 1. The van der Waals surface area contributed by atoms with E-state index in [0.29, 0.717) is 6.42 Å². The molecular weight excluding hydrogens is 507 g/mol. The molecule has 0 aliphatic heterocycles.